The van der Waals surface area contributed by atoms with Crippen LogP contribution >= 0.6 is 0 Å². The highest BCUT2D eigenvalue weighted by atomic mass is 16.2. The number of aromatic nitrogens is 2. The van der Waals surface area contributed by atoms with Gasteiger partial charge in [-0.15, -0.1) is 0 Å². The number of fused-ring (bicyclic) bond motifs is 1. The Bertz CT molecular complexity index is 784. The van der Waals surface area contributed by atoms with Crippen molar-refractivity contribution < 1.29 is 9.59 Å². The number of likely N-dealkylation sites (N-methyl/N-ethyl adjacent to an activating group) is 1. The maximum absolute atomic E-state index is 12.2. The van der Waals surface area contributed by atoms with Gasteiger partial charge in [0.1, 0.15) is 0 Å². The average Bonchev–Trinajstić information content (AvgIpc) is 2.53. The number of hydrogen-bond acceptors (Lipinski definition) is 5. The monoisotopic (exact) mass is 317 g/mol. The van der Waals surface area contributed by atoms with E-state index < -0.39 is 5.91 Å². The fraction of sp³-hybridized carbons (Fsp3) is 0.333. The van der Waals surface area contributed by atoms with Crippen molar-refractivity contribution in [1.29, 1.82) is 0 Å². The van der Waals surface area contributed by atoms with Crippen LogP contribution in [0.5, 0.6) is 0 Å². The molecule has 2 rings (SSSR count). The second kappa shape index (κ2) is 7.01. The predicted molar refractivity (Wildman–Crippen MR) is 85.7 cm³/mol. The molecule has 3 N–H and O–H groups in total. The minimum absolute atomic E-state index is 0.0396. The van der Waals surface area contributed by atoms with Crippen molar-refractivity contribution >= 4 is 22.6 Å². The highest BCUT2D eigenvalue weighted by Gasteiger charge is 2.15. The van der Waals surface area contributed by atoms with Crippen molar-refractivity contribution in [2.45, 2.75) is 19.9 Å². The molecule has 0 aliphatic heterocycles. The summed E-state index contributed by atoms with van der Waals surface area (Å²) in [6, 6.07) is 6.84. The van der Waals surface area contributed by atoms with E-state index in [0.29, 0.717) is 10.8 Å². The third-order valence-electron chi connectivity index (χ3n) is 3.50. The van der Waals surface area contributed by atoms with Crippen LogP contribution in [0.15, 0.2) is 29.1 Å². The normalized spacial score (nSPS) is 11.0. The Morgan fingerprint density at radius 2 is 1.87 bits per heavy atom. The van der Waals surface area contributed by atoms with Crippen LogP contribution in [0, 0.1) is 0 Å². The van der Waals surface area contributed by atoms with E-state index in [1.54, 1.807) is 24.3 Å². The molecule has 0 saturated carbocycles. The first-order chi connectivity index (χ1) is 10.9. The van der Waals surface area contributed by atoms with Crippen molar-refractivity contribution in [2.75, 3.05) is 13.6 Å². The van der Waals surface area contributed by atoms with Crippen LogP contribution in [-0.4, -0.2) is 46.5 Å². The Kier molecular flexibility index (Phi) is 5.07. The number of carbonyl (C=O) groups excluding carboxylic acids is 2. The van der Waals surface area contributed by atoms with E-state index in [9.17, 15) is 14.4 Å². The van der Waals surface area contributed by atoms with Crippen molar-refractivity contribution in [3.05, 3.63) is 40.3 Å². The summed E-state index contributed by atoms with van der Waals surface area (Å²) < 4.78 is 0. The Hall–Kier alpha value is -2.74. The zero-order valence-electron chi connectivity index (χ0n) is 13.2. The van der Waals surface area contributed by atoms with Crippen molar-refractivity contribution in [2.24, 2.45) is 0 Å². The SMILES string of the molecule is CC(C)N(C)CC(=O)NNC(=O)c1n[nH]c(=O)c2ccccc12. The van der Waals surface area contributed by atoms with Crippen LogP contribution in [-0.2, 0) is 4.79 Å². The molecule has 1 aromatic carbocycles. The van der Waals surface area contributed by atoms with Gasteiger partial charge in [-0.1, -0.05) is 18.2 Å². The number of hydrazine groups is 1. The largest absolute Gasteiger partial charge is 0.295 e. The Balaban J connectivity index is 2.09. The average molecular weight is 317 g/mol. The molecule has 0 radical (unpaired) electrons. The third-order valence-corrected chi connectivity index (χ3v) is 3.50. The summed E-state index contributed by atoms with van der Waals surface area (Å²) in [5.41, 5.74) is 4.30. The molecule has 1 heterocycles. The molecule has 122 valence electrons. The smallest absolute Gasteiger partial charge is 0.290 e. The van der Waals surface area contributed by atoms with Crippen LogP contribution < -0.4 is 16.4 Å². The molecule has 8 heteroatoms. The quantitative estimate of drug-likeness (QED) is 0.689. The summed E-state index contributed by atoms with van der Waals surface area (Å²) in [5.74, 6) is -0.943. The van der Waals surface area contributed by atoms with Gasteiger partial charge in [-0.05, 0) is 27.0 Å². The number of rotatable bonds is 4. The lowest BCUT2D eigenvalue weighted by Crippen LogP contribution is -2.47. The van der Waals surface area contributed by atoms with Crippen LogP contribution in [0.25, 0.3) is 10.8 Å². The zero-order valence-corrected chi connectivity index (χ0v) is 13.2. The summed E-state index contributed by atoms with van der Waals surface area (Å²) in [6.45, 7) is 4.07. The van der Waals surface area contributed by atoms with E-state index in [0.717, 1.165) is 0 Å². The Morgan fingerprint density at radius 1 is 1.22 bits per heavy atom. The summed E-state index contributed by atoms with van der Waals surface area (Å²) in [6.07, 6.45) is 0. The highest BCUT2D eigenvalue weighted by molar-refractivity contribution is 6.05. The molecule has 0 fully saturated rings. The molecule has 2 aromatic rings. The fourth-order valence-corrected chi connectivity index (χ4v) is 1.92. The molecule has 0 saturated heterocycles. The standard InChI is InChI=1S/C15H19N5O3/c1-9(2)20(3)8-12(21)16-19-15(23)13-10-6-4-5-7-11(10)14(22)18-17-13/h4-7,9H,8H2,1-3H3,(H,16,21)(H,18,22)(H,19,23). The Labute approximate surface area is 132 Å². The van der Waals surface area contributed by atoms with Gasteiger partial charge in [0.25, 0.3) is 17.4 Å². The molecule has 0 aliphatic carbocycles. The predicted octanol–water partition coefficient (Wildman–Crippen LogP) is 0.0243. The number of carbonyl (C=O) groups is 2. The van der Waals surface area contributed by atoms with Gasteiger partial charge in [-0.2, -0.15) is 5.10 Å². The summed E-state index contributed by atoms with van der Waals surface area (Å²) in [7, 11) is 1.81. The van der Waals surface area contributed by atoms with Crippen molar-refractivity contribution in [1.82, 2.24) is 25.9 Å². The maximum Gasteiger partial charge on any atom is 0.290 e. The van der Waals surface area contributed by atoms with E-state index >= 15 is 0 Å². The second-order valence-electron chi connectivity index (χ2n) is 5.46. The summed E-state index contributed by atoms with van der Waals surface area (Å²) in [5, 5.41) is 6.81. The molecule has 2 amide bonds. The van der Waals surface area contributed by atoms with Gasteiger partial charge in [-0.25, -0.2) is 5.10 Å². The zero-order chi connectivity index (χ0) is 17.0. The first kappa shape index (κ1) is 16.6. The summed E-state index contributed by atoms with van der Waals surface area (Å²) in [4.78, 5) is 37.4. The number of nitrogens with zero attached hydrogens (tertiary/aromatic N) is 2. The number of H-pyrrole nitrogens is 1. The lowest BCUT2D eigenvalue weighted by molar-refractivity contribution is -0.123. The van der Waals surface area contributed by atoms with Crippen LogP contribution in [0.4, 0.5) is 0 Å². The second-order valence-corrected chi connectivity index (χ2v) is 5.46. The molecule has 0 aliphatic rings. The van der Waals surface area contributed by atoms with Crippen molar-refractivity contribution in [3.8, 4) is 0 Å². The van der Waals surface area contributed by atoms with E-state index in [1.165, 1.54) is 0 Å². The van der Waals surface area contributed by atoms with Crippen LogP contribution in [0.2, 0.25) is 0 Å². The number of benzene rings is 1. The van der Waals surface area contributed by atoms with E-state index in [-0.39, 0.29) is 29.7 Å². The highest BCUT2D eigenvalue weighted by Crippen LogP contribution is 2.11. The number of nitrogens with one attached hydrogen (secondary N) is 3. The fourth-order valence-electron chi connectivity index (χ4n) is 1.92. The lowest BCUT2D eigenvalue weighted by Gasteiger charge is -2.20. The van der Waals surface area contributed by atoms with Crippen LogP contribution in [0.3, 0.4) is 0 Å². The van der Waals surface area contributed by atoms with Crippen LogP contribution in [0.1, 0.15) is 24.3 Å². The minimum atomic E-state index is -0.599. The van der Waals surface area contributed by atoms with E-state index in [1.807, 2.05) is 25.8 Å². The van der Waals surface area contributed by atoms with E-state index in [2.05, 4.69) is 21.0 Å². The molecule has 0 unspecified atom stereocenters. The molecule has 0 spiro atoms. The molecular weight excluding hydrogens is 298 g/mol. The first-order valence-corrected chi connectivity index (χ1v) is 7.17. The number of hydrogen-bond donors (Lipinski definition) is 3. The first-order valence-electron chi connectivity index (χ1n) is 7.17. The molecular formula is C15H19N5O3. The maximum atomic E-state index is 12.2. The van der Waals surface area contributed by atoms with Gasteiger partial charge >= 0.3 is 0 Å². The van der Waals surface area contributed by atoms with Gasteiger partial charge in [0, 0.05) is 11.4 Å². The van der Waals surface area contributed by atoms with Gasteiger partial charge in [0.2, 0.25) is 0 Å². The molecule has 8 nitrogen and oxygen atoms in total. The number of aromatic amines is 1. The Morgan fingerprint density at radius 3 is 2.52 bits per heavy atom. The van der Waals surface area contributed by atoms with Crippen molar-refractivity contribution in [3.63, 3.8) is 0 Å². The third kappa shape index (κ3) is 3.92. The van der Waals surface area contributed by atoms with Gasteiger partial charge in [-0.3, -0.25) is 30.1 Å². The molecule has 0 atom stereocenters. The summed E-state index contributed by atoms with van der Waals surface area (Å²) >= 11 is 0. The van der Waals surface area contributed by atoms with Gasteiger partial charge in [0.05, 0.1) is 11.9 Å². The molecule has 1 aromatic heterocycles. The van der Waals surface area contributed by atoms with E-state index in [4.69, 9.17) is 0 Å². The topological polar surface area (TPSA) is 107 Å². The lowest BCUT2D eigenvalue weighted by atomic mass is 10.1. The van der Waals surface area contributed by atoms with Gasteiger partial charge < -0.3 is 0 Å². The molecule has 23 heavy (non-hydrogen) atoms. The van der Waals surface area contributed by atoms with Gasteiger partial charge in [0.15, 0.2) is 5.69 Å². The minimum Gasteiger partial charge on any atom is -0.295 e. The molecule has 0 bridgehead atoms. The number of amides is 2.